The molecule has 2 aromatic carbocycles. The Balaban J connectivity index is 1.62. The summed E-state index contributed by atoms with van der Waals surface area (Å²) in [5.41, 5.74) is 2.74. The molecule has 0 unspecified atom stereocenters. The summed E-state index contributed by atoms with van der Waals surface area (Å²) in [5.74, 6) is 3.77. The summed E-state index contributed by atoms with van der Waals surface area (Å²) >= 11 is 0. The lowest BCUT2D eigenvalue weighted by Crippen LogP contribution is -2.20. The molecular weight excluding hydrogens is 388 g/mol. The van der Waals surface area contributed by atoms with Crippen LogP contribution >= 0.6 is 0 Å². The number of anilines is 1. The number of benzene rings is 2. The first-order valence-electron chi connectivity index (χ1n) is 9.30. The summed E-state index contributed by atoms with van der Waals surface area (Å²) in [6, 6.07) is 9.41. The van der Waals surface area contributed by atoms with Gasteiger partial charge in [0.25, 0.3) is 0 Å². The van der Waals surface area contributed by atoms with E-state index in [2.05, 4.69) is 21.5 Å². The molecular formula is C21H20N4O5. The summed E-state index contributed by atoms with van der Waals surface area (Å²) in [5, 5.41) is 7.73. The Kier molecular flexibility index (Phi) is 4.35. The first-order chi connectivity index (χ1) is 14.7. The molecule has 0 fully saturated rings. The first-order valence-corrected chi connectivity index (χ1v) is 9.30. The van der Waals surface area contributed by atoms with E-state index in [9.17, 15) is 0 Å². The third kappa shape index (κ3) is 2.86. The number of hydrogen-bond acceptors (Lipinski definition) is 8. The van der Waals surface area contributed by atoms with Crippen LogP contribution < -0.4 is 29.0 Å². The van der Waals surface area contributed by atoms with Gasteiger partial charge < -0.3 is 29.0 Å². The zero-order valence-corrected chi connectivity index (χ0v) is 16.7. The van der Waals surface area contributed by atoms with Gasteiger partial charge in [0, 0.05) is 11.3 Å². The summed E-state index contributed by atoms with van der Waals surface area (Å²) in [6.07, 6.45) is 3.59. The van der Waals surface area contributed by atoms with Crippen molar-refractivity contribution in [1.82, 2.24) is 14.8 Å². The number of aromatic nitrogens is 3. The lowest BCUT2D eigenvalue weighted by Gasteiger charge is -2.25. The van der Waals surface area contributed by atoms with Gasteiger partial charge in [0.2, 0.25) is 18.5 Å². The molecule has 3 heterocycles. The largest absolute Gasteiger partial charge is 0.493 e. The van der Waals surface area contributed by atoms with Crippen LogP contribution in [-0.4, -0.2) is 42.9 Å². The second-order valence-electron chi connectivity index (χ2n) is 6.71. The molecule has 3 aromatic rings. The highest BCUT2D eigenvalue weighted by molar-refractivity contribution is 5.78. The number of hydrogen-bond donors (Lipinski definition) is 1. The third-order valence-corrected chi connectivity index (χ3v) is 5.12. The minimum absolute atomic E-state index is 0.230. The van der Waals surface area contributed by atoms with Crippen molar-refractivity contribution in [2.24, 2.45) is 0 Å². The Morgan fingerprint density at radius 3 is 2.50 bits per heavy atom. The molecule has 1 N–H and O–H groups in total. The van der Waals surface area contributed by atoms with Crippen molar-refractivity contribution in [2.75, 3.05) is 33.4 Å². The van der Waals surface area contributed by atoms with Crippen LogP contribution in [0.15, 0.2) is 42.7 Å². The Bertz CT molecular complexity index is 1120. The van der Waals surface area contributed by atoms with Crippen molar-refractivity contribution >= 4 is 11.6 Å². The van der Waals surface area contributed by atoms with Crippen molar-refractivity contribution in [1.29, 1.82) is 0 Å². The predicted molar refractivity (Wildman–Crippen MR) is 108 cm³/mol. The summed E-state index contributed by atoms with van der Waals surface area (Å²) in [7, 11) is 4.77. The SMILES string of the molecule is COc1cc([C@H]2C=C(c3ccc4c(c3)OCO4)Nc3ncnn32)cc(OC)c1OC. The average Bonchev–Trinajstić information content (AvgIpc) is 3.45. The maximum Gasteiger partial charge on any atom is 0.231 e. The van der Waals surface area contributed by atoms with Gasteiger partial charge in [-0.3, -0.25) is 0 Å². The number of ether oxygens (including phenoxy) is 5. The number of rotatable bonds is 5. The highest BCUT2D eigenvalue weighted by atomic mass is 16.7. The molecule has 0 amide bonds. The smallest absolute Gasteiger partial charge is 0.231 e. The molecule has 0 radical (unpaired) electrons. The van der Waals surface area contributed by atoms with Crippen LogP contribution in [0.5, 0.6) is 28.7 Å². The van der Waals surface area contributed by atoms with Crippen molar-refractivity contribution in [3.8, 4) is 28.7 Å². The molecule has 0 saturated carbocycles. The Morgan fingerprint density at radius 1 is 1.00 bits per heavy atom. The molecule has 154 valence electrons. The topological polar surface area (TPSA) is 88.9 Å². The fraction of sp³-hybridized carbons (Fsp3) is 0.238. The van der Waals surface area contributed by atoms with E-state index in [1.165, 1.54) is 6.33 Å². The van der Waals surface area contributed by atoms with E-state index in [1.54, 1.807) is 26.0 Å². The monoisotopic (exact) mass is 408 g/mol. The quantitative estimate of drug-likeness (QED) is 0.689. The normalized spacial score (nSPS) is 16.4. The zero-order chi connectivity index (χ0) is 20.7. The van der Waals surface area contributed by atoms with Crippen LogP contribution in [-0.2, 0) is 0 Å². The molecule has 9 heteroatoms. The van der Waals surface area contributed by atoms with Crippen LogP contribution in [0.1, 0.15) is 17.2 Å². The number of nitrogens with one attached hydrogen (secondary N) is 1. The lowest BCUT2D eigenvalue weighted by atomic mass is 10.0. The van der Waals surface area contributed by atoms with E-state index < -0.39 is 0 Å². The van der Waals surface area contributed by atoms with Gasteiger partial charge in [-0.05, 0) is 42.0 Å². The summed E-state index contributed by atoms with van der Waals surface area (Å²) in [4.78, 5) is 4.36. The molecule has 0 spiro atoms. The number of fused-ring (bicyclic) bond motifs is 2. The number of methoxy groups -OCH3 is 3. The predicted octanol–water partition coefficient (Wildman–Crippen LogP) is 3.09. The summed E-state index contributed by atoms with van der Waals surface area (Å²) < 4.78 is 29.2. The molecule has 2 aliphatic rings. The molecule has 0 saturated heterocycles. The van der Waals surface area contributed by atoms with Crippen LogP contribution in [0.2, 0.25) is 0 Å². The van der Waals surface area contributed by atoms with E-state index in [0.29, 0.717) is 28.9 Å². The molecule has 5 rings (SSSR count). The zero-order valence-electron chi connectivity index (χ0n) is 16.7. The molecule has 9 nitrogen and oxygen atoms in total. The van der Waals surface area contributed by atoms with E-state index in [-0.39, 0.29) is 12.8 Å². The fourth-order valence-electron chi connectivity index (χ4n) is 3.68. The Morgan fingerprint density at radius 2 is 1.77 bits per heavy atom. The maximum atomic E-state index is 5.52. The van der Waals surface area contributed by atoms with Crippen LogP contribution in [0.4, 0.5) is 5.95 Å². The summed E-state index contributed by atoms with van der Waals surface area (Å²) in [6.45, 7) is 0.230. The Hall–Kier alpha value is -3.88. The van der Waals surface area contributed by atoms with Gasteiger partial charge >= 0.3 is 0 Å². The Labute approximate surface area is 172 Å². The standard InChI is InChI=1S/C21H20N4O5/c1-26-18-7-13(8-19(27-2)20(18)28-3)15-9-14(24-21-22-10-23-25(15)21)12-4-5-16-17(6-12)30-11-29-16/h4-10,15H,11H2,1-3H3,(H,22,23,24)/t15-/m1/s1. The molecule has 0 bridgehead atoms. The van der Waals surface area contributed by atoms with Crippen LogP contribution in [0.25, 0.3) is 5.70 Å². The van der Waals surface area contributed by atoms with Crippen molar-refractivity contribution in [3.05, 3.63) is 53.9 Å². The molecule has 2 aliphatic heterocycles. The van der Waals surface area contributed by atoms with E-state index in [0.717, 1.165) is 22.6 Å². The molecule has 1 atom stereocenters. The van der Waals surface area contributed by atoms with Gasteiger partial charge in [-0.1, -0.05) is 0 Å². The fourth-order valence-corrected chi connectivity index (χ4v) is 3.68. The van der Waals surface area contributed by atoms with Crippen molar-refractivity contribution in [3.63, 3.8) is 0 Å². The van der Waals surface area contributed by atoms with Gasteiger partial charge in [-0.25, -0.2) is 4.68 Å². The van der Waals surface area contributed by atoms with Crippen LogP contribution in [0.3, 0.4) is 0 Å². The average molecular weight is 408 g/mol. The molecule has 0 aliphatic carbocycles. The number of allylic oxidation sites excluding steroid dienone is 1. The third-order valence-electron chi connectivity index (χ3n) is 5.12. The van der Waals surface area contributed by atoms with Gasteiger partial charge in [-0.2, -0.15) is 10.1 Å². The minimum atomic E-state index is -0.238. The van der Waals surface area contributed by atoms with Crippen molar-refractivity contribution < 1.29 is 23.7 Å². The van der Waals surface area contributed by atoms with Gasteiger partial charge in [0.05, 0.1) is 21.3 Å². The molecule has 30 heavy (non-hydrogen) atoms. The second-order valence-corrected chi connectivity index (χ2v) is 6.71. The highest BCUT2D eigenvalue weighted by Crippen LogP contribution is 2.43. The lowest BCUT2D eigenvalue weighted by molar-refractivity contribution is 0.174. The van der Waals surface area contributed by atoms with Crippen molar-refractivity contribution in [2.45, 2.75) is 6.04 Å². The van der Waals surface area contributed by atoms with Gasteiger partial charge in [-0.15, -0.1) is 0 Å². The second kappa shape index (κ2) is 7.18. The first kappa shape index (κ1) is 18.2. The van der Waals surface area contributed by atoms with Crippen LogP contribution in [0, 0.1) is 0 Å². The van der Waals surface area contributed by atoms with Gasteiger partial charge in [0.1, 0.15) is 12.4 Å². The van der Waals surface area contributed by atoms with E-state index in [4.69, 9.17) is 23.7 Å². The van der Waals surface area contributed by atoms with E-state index >= 15 is 0 Å². The number of nitrogens with zero attached hydrogens (tertiary/aromatic N) is 3. The highest BCUT2D eigenvalue weighted by Gasteiger charge is 2.27. The maximum absolute atomic E-state index is 5.52. The van der Waals surface area contributed by atoms with E-state index in [1.807, 2.05) is 30.3 Å². The molecule has 1 aromatic heterocycles. The minimum Gasteiger partial charge on any atom is -0.493 e. The van der Waals surface area contributed by atoms with Gasteiger partial charge in [0.15, 0.2) is 23.0 Å².